The van der Waals surface area contributed by atoms with Gasteiger partial charge in [0.05, 0.1) is 38.9 Å². The van der Waals surface area contributed by atoms with Crippen molar-refractivity contribution in [3.05, 3.63) is 6.33 Å². The van der Waals surface area contributed by atoms with Gasteiger partial charge in [-0.1, -0.05) is 0 Å². The molecule has 5 atom stereocenters. The van der Waals surface area contributed by atoms with E-state index in [-0.39, 0.29) is 43.2 Å². The molecule has 1 saturated heterocycles. The van der Waals surface area contributed by atoms with Crippen LogP contribution < -0.4 is 10.5 Å². The van der Waals surface area contributed by atoms with Gasteiger partial charge in [-0.3, -0.25) is 13.6 Å². The molecule has 192 valence electrons. The molecule has 1 aliphatic rings. The van der Waals surface area contributed by atoms with Crippen LogP contribution in [0.15, 0.2) is 6.33 Å². The quantitative estimate of drug-likeness (QED) is 0.233. The average Bonchev–Trinajstić information content (AvgIpc) is 3.26. The molecule has 2 aromatic heterocycles. The first-order chi connectivity index (χ1) is 16.0. The van der Waals surface area contributed by atoms with Crippen molar-refractivity contribution >= 4 is 24.9 Å². The number of fused-ring (bicyclic) bond motifs is 1. The summed E-state index contributed by atoms with van der Waals surface area (Å²) in [5.41, 5.74) is 4.53. The number of phosphoric ester groups is 1. The molecule has 1 fully saturated rings. The summed E-state index contributed by atoms with van der Waals surface area (Å²) in [6, 6.07) is 0. The average molecular weight is 505 g/mol. The van der Waals surface area contributed by atoms with Crippen molar-refractivity contribution in [2.45, 2.75) is 63.8 Å². The van der Waals surface area contributed by atoms with Crippen LogP contribution in [0, 0.1) is 0 Å². The first-order valence-electron chi connectivity index (χ1n) is 10.8. The molecule has 34 heavy (non-hydrogen) atoms. The molecule has 0 aliphatic carbocycles. The van der Waals surface area contributed by atoms with Crippen LogP contribution in [0.5, 0.6) is 5.88 Å². The molecule has 5 unspecified atom stereocenters. The molecule has 15 heteroatoms. The maximum Gasteiger partial charge on any atom is 0.472 e. The SMILES string of the molecule is COc1nc(N)nc2c1ncn2C1OC(CCOP(=O)(O)OCCCOC(C)C)C(O)C1(C)O. The second kappa shape index (κ2) is 10.8. The predicted molar refractivity (Wildman–Crippen MR) is 119 cm³/mol. The minimum absolute atomic E-state index is 0.00522. The number of phosphoric acid groups is 1. The van der Waals surface area contributed by atoms with Gasteiger partial charge in [0, 0.05) is 13.0 Å². The summed E-state index contributed by atoms with van der Waals surface area (Å²) in [6.07, 6.45) is -1.49. The largest absolute Gasteiger partial charge is 0.479 e. The van der Waals surface area contributed by atoms with Crippen LogP contribution in [0.4, 0.5) is 5.95 Å². The Morgan fingerprint density at radius 2 is 2.00 bits per heavy atom. The third-order valence-electron chi connectivity index (χ3n) is 5.26. The van der Waals surface area contributed by atoms with Gasteiger partial charge in [-0.15, -0.1) is 0 Å². The Morgan fingerprint density at radius 1 is 1.29 bits per heavy atom. The summed E-state index contributed by atoms with van der Waals surface area (Å²) in [5.74, 6) is 0.0857. The van der Waals surface area contributed by atoms with E-state index in [1.807, 2.05) is 13.8 Å². The number of rotatable bonds is 12. The molecule has 1 aliphatic heterocycles. The van der Waals surface area contributed by atoms with E-state index in [1.165, 1.54) is 24.9 Å². The summed E-state index contributed by atoms with van der Waals surface area (Å²) in [4.78, 5) is 22.1. The lowest BCUT2D eigenvalue weighted by atomic mass is 9.95. The van der Waals surface area contributed by atoms with Gasteiger partial charge in [-0.05, 0) is 27.2 Å². The Hall–Kier alpha value is -1.90. The van der Waals surface area contributed by atoms with Gasteiger partial charge in [0.1, 0.15) is 11.7 Å². The molecule has 5 N–H and O–H groups in total. The first-order valence-corrected chi connectivity index (χ1v) is 12.3. The first kappa shape index (κ1) is 26.7. The van der Waals surface area contributed by atoms with Gasteiger partial charge >= 0.3 is 7.82 Å². The Morgan fingerprint density at radius 3 is 2.68 bits per heavy atom. The van der Waals surface area contributed by atoms with E-state index < -0.39 is 31.9 Å². The van der Waals surface area contributed by atoms with Gasteiger partial charge in [-0.2, -0.15) is 9.97 Å². The van der Waals surface area contributed by atoms with Crippen LogP contribution in [-0.4, -0.2) is 85.5 Å². The Kier molecular flexibility index (Phi) is 8.47. The van der Waals surface area contributed by atoms with E-state index in [2.05, 4.69) is 15.0 Å². The topological polar surface area (TPSA) is 194 Å². The van der Waals surface area contributed by atoms with E-state index in [0.29, 0.717) is 18.5 Å². The van der Waals surface area contributed by atoms with Gasteiger partial charge in [0.15, 0.2) is 17.4 Å². The number of hydrogen-bond donors (Lipinski definition) is 4. The number of nitrogens with zero attached hydrogens (tertiary/aromatic N) is 4. The van der Waals surface area contributed by atoms with Crippen LogP contribution in [0.3, 0.4) is 0 Å². The van der Waals surface area contributed by atoms with E-state index in [4.69, 9.17) is 29.0 Å². The molecule has 2 aromatic rings. The highest BCUT2D eigenvalue weighted by molar-refractivity contribution is 7.47. The third-order valence-corrected chi connectivity index (χ3v) is 6.28. The Bertz CT molecular complexity index is 1020. The molecule has 14 nitrogen and oxygen atoms in total. The normalized spacial score (nSPS) is 26.9. The lowest BCUT2D eigenvalue weighted by Gasteiger charge is -2.27. The third kappa shape index (κ3) is 6.01. The van der Waals surface area contributed by atoms with Gasteiger partial charge in [0.2, 0.25) is 11.8 Å². The van der Waals surface area contributed by atoms with Crippen molar-refractivity contribution in [3.63, 3.8) is 0 Å². The lowest BCUT2D eigenvalue weighted by molar-refractivity contribution is -0.0943. The molecule has 0 aromatic carbocycles. The van der Waals surface area contributed by atoms with E-state index in [0.717, 1.165) is 0 Å². The van der Waals surface area contributed by atoms with E-state index in [1.54, 1.807) is 0 Å². The summed E-state index contributed by atoms with van der Waals surface area (Å²) in [5, 5.41) is 21.6. The number of aromatic nitrogens is 4. The van der Waals surface area contributed by atoms with Crippen molar-refractivity contribution in [2.75, 3.05) is 32.7 Å². The monoisotopic (exact) mass is 505 g/mol. The highest BCUT2D eigenvalue weighted by Gasteiger charge is 2.53. The Labute approximate surface area is 196 Å². The number of nitrogens with two attached hydrogens (primary N) is 1. The lowest BCUT2D eigenvalue weighted by Crippen LogP contribution is -2.43. The molecule has 3 rings (SSSR count). The molecule has 0 amide bonds. The van der Waals surface area contributed by atoms with Crippen molar-refractivity contribution in [3.8, 4) is 5.88 Å². The number of aliphatic hydroxyl groups is 2. The second-order valence-electron chi connectivity index (χ2n) is 8.31. The van der Waals surface area contributed by atoms with Gasteiger partial charge in [0.25, 0.3) is 0 Å². The fourth-order valence-corrected chi connectivity index (χ4v) is 4.34. The van der Waals surface area contributed by atoms with E-state index in [9.17, 15) is 19.7 Å². The minimum Gasteiger partial charge on any atom is -0.479 e. The van der Waals surface area contributed by atoms with Crippen LogP contribution in [0.25, 0.3) is 11.2 Å². The predicted octanol–water partition coefficient (Wildman–Crippen LogP) is 0.765. The number of nitrogen functional groups attached to an aromatic ring is 1. The zero-order valence-corrected chi connectivity index (χ0v) is 20.4. The number of anilines is 1. The van der Waals surface area contributed by atoms with Crippen LogP contribution >= 0.6 is 7.82 Å². The summed E-state index contributed by atoms with van der Waals surface area (Å²) >= 11 is 0. The molecular weight excluding hydrogens is 473 g/mol. The molecule has 0 bridgehead atoms. The van der Waals surface area contributed by atoms with Crippen molar-refractivity contribution < 1.29 is 42.9 Å². The standard InChI is InChI=1S/C19H32N5O9P/c1-11(2)30-7-5-8-31-34(27,28)32-9-6-12-14(25)19(3,26)17(33-12)24-10-21-13-15(24)22-18(20)23-16(13)29-4/h10-12,14,17,25-26H,5-9H2,1-4H3,(H,27,28)(H2,20,22,23). The van der Waals surface area contributed by atoms with Crippen LogP contribution in [0.1, 0.15) is 39.8 Å². The number of aliphatic hydroxyl groups excluding tert-OH is 1. The summed E-state index contributed by atoms with van der Waals surface area (Å²) < 4.78 is 39.7. The van der Waals surface area contributed by atoms with Gasteiger partial charge in [-0.25, -0.2) is 9.55 Å². The smallest absolute Gasteiger partial charge is 0.472 e. The highest BCUT2D eigenvalue weighted by Crippen LogP contribution is 2.45. The van der Waals surface area contributed by atoms with Crippen molar-refractivity contribution in [2.24, 2.45) is 0 Å². The van der Waals surface area contributed by atoms with Crippen LogP contribution in [0.2, 0.25) is 0 Å². The zero-order valence-electron chi connectivity index (χ0n) is 19.5. The molecule has 0 saturated carbocycles. The highest BCUT2D eigenvalue weighted by atomic mass is 31.2. The fraction of sp³-hybridized carbons (Fsp3) is 0.737. The number of hydrogen-bond acceptors (Lipinski definition) is 12. The van der Waals surface area contributed by atoms with Crippen molar-refractivity contribution in [1.29, 1.82) is 0 Å². The fourth-order valence-electron chi connectivity index (χ4n) is 3.57. The maximum absolute atomic E-state index is 12.1. The van der Waals surface area contributed by atoms with Crippen molar-refractivity contribution in [1.82, 2.24) is 19.5 Å². The molecule has 3 heterocycles. The Balaban J connectivity index is 1.61. The molecular formula is C19H32N5O9P. The zero-order chi connectivity index (χ0) is 25.1. The summed E-state index contributed by atoms with van der Waals surface area (Å²) in [7, 11) is -2.88. The van der Waals surface area contributed by atoms with Crippen LogP contribution in [-0.2, 0) is 23.1 Å². The van der Waals surface area contributed by atoms with Gasteiger partial charge < -0.3 is 35.1 Å². The minimum atomic E-state index is -4.29. The number of imidazole rings is 1. The number of ether oxygens (including phenoxy) is 3. The van der Waals surface area contributed by atoms with E-state index >= 15 is 0 Å². The maximum atomic E-state index is 12.1. The second-order valence-corrected chi connectivity index (χ2v) is 9.76. The number of methoxy groups -OCH3 is 1. The summed E-state index contributed by atoms with van der Waals surface area (Å²) in [6.45, 7) is 5.30. The molecule has 0 spiro atoms. The molecule has 0 radical (unpaired) electrons.